The number of likely N-dealkylation sites (tertiary alicyclic amines) is 2. The van der Waals surface area contributed by atoms with Crippen LogP contribution in [0.25, 0.3) is 22.4 Å². The number of nitrogens with zero attached hydrogens (tertiary/aromatic N) is 3. The van der Waals surface area contributed by atoms with Gasteiger partial charge in [0.1, 0.15) is 11.4 Å². The van der Waals surface area contributed by atoms with Gasteiger partial charge in [-0.2, -0.15) is 0 Å². The van der Waals surface area contributed by atoms with Crippen molar-refractivity contribution in [3.05, 3.63) is 59.5 Å². The number of hydrogen-bond acceptors (Lipinski definition) is 6. The number of imidazole rings is 1. The van der Waals surface area contributed by atoms with Gasteiger partial charge in [0.05, 0.1) is 29.1 Å². The average Bonchev–Trinajstić information content (AvgIpc) is 3.79. The monoisotopic (exact) mass is 638 g/mol. The lowest BCUT2D eigenvalue weighted by Gasteiger charge is -2.40. The van der Waals surface area contributed by atoms with Gasteiger partial charge in [-0.25, -0.2) is 9.78 Å². The predicted molar refractivity (Wildman–Crippen MR) is 187 cm³/mol. The summed E-state index contributed by atoms with van der Waals surface area (Å²) in [7, 11) is 1.89. The summed E-state index contributed by atoms with van der Waals surface area (Å²) in [5.74, 6) is 0.813. The second-order valence-corrected chi connectivity index (χ2v) is 16.3. The number of ether oxygens (including phenoxy) is 1. The molecule has 7 rings (SSSR count). The molecule has 1 spiro atoms. The number of H-pyrrole nitrogens is 1. The second-order valence-electron chi connectivity index (χ2n) is 16.3. The molecule has 0 radical (unpaired) electrons. The van der Waals surface area contributed by atoms with Crippen molar-refractivity contribution in [3.63, 3.8) is 0 Å². The molecule has 3 fully saturated rings. The van der Waals surface area contributed by atoms with E-state index >= 15 is 0 Å². The first-order chi connectivity index (χ1) is 22.2. The summed E-state index contributed by atoms with van der Waals surface area (Å²) in [5.41, 5.74) is 7.64. The van der Waals surface area contributed by atoms with Crippen molar-refractivity contribution in [1.29, 1.82) is 0 Å². The van der Waals surface area contributed by atoms with E-state index in [1.165, 1.54) is 47.0 Å². The molecule has 1 amide bonds. The van der Waals surface area contributed by atoms with E-state index in [2.05, 4.69) is 81.0 Å². The number of carbonyl (C=O) groups excluding carboxylic acids is 1. The van der Waals surface area contributed by atoms with Crippen molar-refractivity contribution in [1.82, 2.24) is 19.8 Å². The Kier molecular flexibility index (Phi) is 7.92. The third-order valence-corrected chi connectivity index (χ3v) is 11.5. The van der Waals surface area contributed by atoms with Crippen LogP contribution in [0, 0.1) is 0 Å². The molecule has 1 aromatic heterocycles. The van der Waals surface area contributed by atoms with Gasteiger partial charge >= 0.3 is 13.2 Å². The zero-order valence-corrected chi connectivity index (χ0v) is 29.5. The quantitative estimate of drug-likeness (QED) is 0.310. The largest absolute Gasteiger partial charge is 0.495 e. The molecule has 1 aliphatic carbocycles. The molecule has 9 heteroatoms. The second kappa shape index (κ2) is 11.5. The molecule has 4 aliphatic rings. The molecule has 0 unspecified atom stereocenters. The van der Waals surface area contributed by atoms with Gasteiger partial charge < -0.3 is 23.9 Å². The van der Waals surface area contributed by atoms with E-state index in [9.17, 15) is 4.79 Å². The Morgan fingerprint density at radius 1 is 0.957 bits per heavy atom. The Balaban J connectivity index is 1.19. The number of piperidine rings is 1. The smallest absolute Gasteiger partial charge is 0.444 e. The van der Waals surface area contributed by atoms with E-state index in [1.807, 2.05) is 31.9 Å². The Bertz CT molecular complexity index is 1630. The van der Waals surface area contributed by atoms with Gasteiger partial charge in [-0.05, 0) is 146 Å². The summed E-state index contributed by atoms with van der Waals surface area (Å²) < 4.78 is 18.9. The fourth-order valence-corrected chi connectivity index (χ4v) is 8.08. The van der Waals surface area contributed by atoms with E-state index in [0.717, 1.165) is 49.4 Å². The minimum Gasteiger partial charge on any atom is -0.444 e. The van der Waals surface area contributed by atoms with Gasteiger partial charge in [0.2, 0.25) is 0 Å². The van der Waals surface area contributed by atoms with Crippen molar-refractivity contribution < 1.29 is 18.8 Å². The van der Waals surface area contributed by atoms with Crippen molar-refractivity contribution in [3.8, 4) is 22.4 Å². The van der Waals surface area contributed by atoms with Crippen LogP contribution in [-0.4, -0.2) is 76.5 Å². The molecule has 1 atom stereocenters. The SMILES string of the molecule is CN1CCC2(CCc3c(B4OC(C)(C)C(C)(C)O4)ccc(-c4ccc(-c5cnc([C@@H]6CCCN6C(=O)OC(C)(C)C)[nH]5)cc4)c32)CC1. The standard InChI is InChI=1S/C38H51BN4O4/c1-35(2,3)45-34(44)43-21-9-10-31(43)33-40-24-30(41-33)26-13-11-25(12-14-26)27-15-16-29(39-46-36(4,5)37(6,7)47-39)28-17-18-38(32(27)28)19-22-42(8)23-20-38/h11-16,24,31H,9-10,17-23H2,1-8H3,(H,40,41)/t31-/m0/s1. The first-order valence-corrected chi connectivity index (χ1v) is 17.5. The Hall–Kier alpha value is -3.14. The normalized spacial score (nSPS) is 23.4. The summed E-state index contributed by atoms with van der Waals surface area (Å²) >= 11 is 0. The van der Waals surface area contributed by atoms with E-state index < -0.39 is 5.60 Å². The van der Waals surface area contributed by atoms with Crippen LogP contribution in [0.1, 0.15) is 104 Å². The molecule has 47 heavy (non-hydrogen) atoms. The third kappa shape index (κ3) is 5.82. The van der Waals surface area contributed by atoms with Crippen LogP contribution in [0.4, 0.5) is 4.79 Å². The molecular weight excluding hydrogens is 587 g/mol. The number of fused-ring (bicyclic) bond motifs is 2. The summed E-state index contributed by atoms with van der Waals surface area (Å²) in [5, 5.41) is 0. The highest BCUT2D eigenvalue weighted by molar-refractivity contribution is 6.62. The molecule has 3 aromatic rings. The highest BCUT2D eigenvalue weighted by atomic mass is 16.7. The molecule has 3 aliphatic heterocycles. The lowest BCUT2D eigenvalue weighted by molar-refractivity contribution is 0.00578. The number of rotatable bonds is 4. The van der Waals surface area contributed by atoms with Gasteiger partial charge in [0.25, 0.3) is 0 Å². The van der Waals surface area contributed by atoms with Crippen molar-refractivity contribution in [2.45, 2.75) is 115 Å². The maximum absolute atomic E-state index is 12.9. The summed E-state index contributed by atoms with van der Waals surface area (Å²) in [6.07, 6.45) is 8.00. The van der Waals surface area contributed by atoms with Gasteiger partial charge in [0, 0.05) is 6.54 Å². The minimum atomic E-state index is -0.528. The lowest BCUT2D eigenvalue weighted by atomic mass is 9.68. The predicted octanol–water partition coefficient (Wildman–Crippen LogP) is 7.02. The van der Waals surface area contributed by atoms with Crippen LogP contribution >= 0.6 is 0 Å². The van der Waals surface area contributed by atoms with E-state index in [1.54, 1.807) is 0 Å². The van der Waals surface area contributed by atoms with Gasteiger partial charge in [-0.3, -0.25) is 4.90 Å². The zero-order valence-electron chi connectivity index (χ0n) is 29.5. The molecule has 1 N–H and O–H groups in total. The number of nitrogens with one attached hydrogen (secondary N) is 1. The molecule has 8 nitrogen and oxygen atoms in total. The maximum Gasteiger partial charge on any atom is 0.495 e. The van der Waals surface area contributed by atoms with Gasteiger partial charge in [-0.1, -0.05) is 36.4 Å². The minimum absolute atomic E-state index is 0.103. The Labute approximate surface area is 280 Å². The first-order valence-electron chi connectivity index (χ1n) is 17.5. The molecule has 0 saturated carbocycles. The molecule has 3 saturated heterocycles. The van der Waals surface area contributed by atoms with E-state index in [4.69, 9.17) is 19.0 Å². The first kappa shape index (κ1) is 32.4. The van der Waals surface area contributed by atoms with Crippen LogP contribution in [0.2, 0.25) is 0 Å². The van der Waals surface area contributed by atoms with Gasteiger partial charge in [-0.15, -0.1) is 0 Å². The van der Waals surface area contributed by atoms with E-state index in [-0.39, 0.29) is 35.9 Å². The number of aromatic nitrogens is 2. The zero-order chi connectivity index (χ0) is 33.4. The van der Waals surface area contributed by atoms with Crippen LogP contribution in [0.5, 0.6) is 0 Å². The number of aromatic amines is 1. The molecular formula is C38H51BN4O4. The number of benzene rings is 2. The summed E-state index contributed by atoms with van der Waals surface area (Å²) in [4.78, 5) is 25.4. The fourth-order valence-electron chi connectivity index (χ4n) is 8.08. The summed E-state index contributed by atoms with van der Waals surface area (Å²) in [6.45, 7) is 17.2. The number of hydrogen-bond donors (Lipinski definition) is 1. The average molecular weight is 639 g/mol. The lowest BCUT2D eigenvalue weighted by Crippen LogP contribution is -2.41. The number of carbonyl (C=O) groups is 1. The van der Waals surface area contributed by atoms with Crippen molar-refractivity contribution >= 4 is 18.7 Å². The maximum atomic E-state index is 12.9. The van der Waals surface area contributed by atoms with Crippen molar-refractivity contribution in [2.24, 2.45) is 0 Å². The van der Waals surface area contributed by atoms with E-state index in [0.29, 0.717) is 6.54 Å². The van der Waals surface area contributed by atoms with Crippen LogP contribution in [0.15, 0.2) is 42.6 Å². The third-order valence-electron chi connectivity index (χ3n) is 11.5. The molecule has 2 aromatic carbocycles. The van der Waals surface area contributed by atoms with Gasteiger partial charge in [0.15, 0.2) is 0 Å². The Morgan fingerprint density at radius 3 is 2.28 bits per heavy atom. The highest BCUT2D eigenvalue weighted by Crippen LogP contribution is 2.50. The van der Waals surface area contributed by atoms with Crippen LogP contribution in [0.3, 0.4) is 0 Å². The highest BCUT2D eigenvalue weighted by Gasteiger charge is 2.53. The molecule has 0 bridgehead atoms. The molecule has 250 valence electrons. The topological polar surface area (TPSA) is 79.9 Å². The summed E-state index contributed by atoms with van der Waals surface area (Å²) in [6, 6.07) is 13.4. The number of amides is 1. The molecule has 4 heterocycles. The Morgan fingerprint density at radius 2 is 1.62 bits per heavy atom. The fraction of sp³-hybridized carbons (Fsp3) is 0.579. The van der Waals surface area contributed by atoms with Crippen molar-refractivity contribution in [2.75, 3.05) is 26.7 Å². The van der Waals surface area contributed by atoms with Crippen LogP contribution < -0.4 is 5.46 Å². The van der Waals surface area contributed by atoms with Crippen LogP contribution in [-0.2, 0) is 25.9 Å².